The summed E-state index contributed by atoms with van der Waals surface area (Å²) in [5.41, 5.74) is 3.58. The fourth-order valence-electron chi connectivity index (χ4n) is 4.01. The highest BCUT2D eigenvalue weighted by atomic mass is 35.5. The molecule has 31 heavy (non-hydrogen) atoms. The summed E-state index contributed by atoms with van der Waals surface area (Å²) in [5, 5.41) is 22.7. The van der Waals surface area contributed by atoms with Gasteiger partial charge in [0.25, 0.3) is 0 Å². The topological polar surface area (TPSA) is 57.7 Å². The Morgan fingerprint density at radius 1 is 1.00 bits per heavy atom. The van der Waals surface area contributed by atoms with Gasteiger partial charge in [0.1, 0.15) is 22.5 Å². The van der Waals surface area contributed by atoms with E-state index in [0.29, 0.717) is 16.4 Å². The van der Waals surface area contributed by atoms with Gasteiger partial charge in [-0.25, -0.2) is 0 Å². The van der Waals surface area contributed by atoms with Gasteiger partial charge in [0.05, 0.1) is 5.70 Å². The molecule has 5 nitrogen and oxygen atoms in total. The van der Waals surface area contributed by atoms with Crippen molar-refractivity contribution in [3.8, 4) is 6.07 Å². The van der Waals surface area contributed by atoms with E-state index in [9.17, 15) is 5.26 Å². The molecule has 0 aliphatic carbocycles. The monoisotopic (exact) mass is 445 g/mol. The first-order valence-corrected chi connectivity index (χ1v) is 11.6. The zero-order valence-corrected chi connectivity index (χ0v) is 18.4. The Morgan fingerprint density at radius 3 is 2.58 bits per heavy atom. The summed E-state index contributed by atoms with van der Waals surface area (Å²) in [4.78, 5) is 2.13. The molecular weight excluding hydrogens is 426 g/mol. The fourth-order valence-corrected chi connectivity index (χ4v) is 5.17. The van der Waals surface area contributed by atoms with Crippen molar-refractivity contribution in [2.45, 2.75) is 32.2 Å². The molecule has 0 saturated carbocycles. The number of para-hydroxylation sites is 1. The molecule has 0 N–H and O–H groups in total. The molecule has 1 aromatic heterocycles. The molecule has 0 saturated heterocycles. The Labute approximate surface area is 190 Å². The second-order valence-electron chi connectivity index (χ2n) is 7.49. The second-order valence-corrected chi connectivity index (χ2v) is 8.79. The zero-order valence-electron chi connectivity index (χ0n) is 16.8. The van der Waals surface area contributed by atoms with Crippen LogP contribution in [-0.4, -0.2) is 14.8 Å². The number of aromatic nitrogens is 3. The third kappa shape index (κ3) is 3.76. The predicted molar refractivity (Wildman–Crippen MR) is 126 cm³/mol. The van der Waals surface area contributed by atoms with Gasteiger partial charge in [-0.1, -0.05) is 60.1 Å². The van der Waals surface area contributed by atoms with Gasteiger partial charge >= 0.3 is 0 Å². The van der Waals surface area contributed by atoms with Crippen LogP contribution in [-0.2, 0) is 13.0 Å². The number of nitrogens with zero attached hydrogens (tertiary/aromatic N) is 5. The van der Waals surface area contributed by atoms with Gasteiger partial charge in [-0.3, -0.25) is 0 Å². The van der Waals surface area contributed by atoms with Crippen LogP contribution in [0.2, 0.25) is 5.02 Å². The lowest BCUT2D eigenvalue weighted by molar-refractivity contribution is 0.627. The first-order valence-electron chi connectivity index (χ1n) is 10.3. The number of nitriles is 1. The molecule has 0 fully saturated rings. The fraction of sp³-hybridized carbons (Fsp3) is 0.208. The van der Waals surface area contributed by atoms with Gasteiger partial charge in [-0.2, -0.15) is 5.26 Å². The smallest absolute Gasteiger partial charge is 0.177 e. The highest BCUT2D eigenvalue weighted by molar-refractivity contribution is 8.06. The van der Waals surface area contributed by atoms with Gasteiger partial charge in [-0.15, -0.1) is 10.2 Å². The number of anilines is 1. The number of hydrogen-bond donors (Lipinski definition) is 0. The van der Waals surface area contributed by atoms with Crippen molar-refractivity contribution >= 4 is 40.3 Å². The minimum Gasteiger partial charge on any atom is -0.310 e. The average Bonchev–Trinajstić information content (AvgIpc) is 3.33. The van der Waals surface area contributed by atoms with Gasteiger partial charge < -0.3 is 9.47 Å². The van der Waals surface area contributed by atoms with Crippen LogP contribution in [0.15, 0.2) is 65.0 Å². The average molecular weight is 446 g/mol. The normalized spacial score (nSPS) is 17.5. The van der Waals surface area contributed by atoms with Crippen molar-refractivity contribution in [1.82, 2.24) is 14.8 Å². The lowest BCUT2D eigenvalue weighted by Gasteiger charge is -2.25. The van der Waals surface area contributed by atoms with Crippen molar-refractivity contribution in [1.29, 1.82) is 5.26 Å². The van der Waals surface area contributed by atoms with Crippen molar-refractivity contribution in [2.75, 3.05) is 4.90 Å². The Bertz CT molecular complexity index is 1210. The molecule has 3 heterocycles. The number of hydrogen-bond acceptors (Lipinski definition) is 5. The van der Waals surface area contributed by atoms with Crippen molar-refractivity contribution in [2.24, 2.45) is 0 Å². The lowest BCUT2D eigenvalue weighted by Crippen LogP contribution is -2.18. The Morgan fingerprint density at radius 2 is 1.81 bits per heavy atom. The van der Waals surface area contributed by atoms with Gasteiger partial charge in [0.15, 0.2) is 5.82 Å². The van der Waals surface area contributed by atoms with E-state index in [1.54, 1.807) is 11.8 Å². The molecule has 0 atom stereocenters. The molecule has 3 aromatic rings. The summed E-state index contributed by atoms with van der Waals surface area (Å²) >= 11 is 7.66. The number of rotatable bonds is 3. The second kappa shape index (κ2) is 8.62. The van der Waals surface area contributed by atoms with Crippen molar-refractivity contribution in [3.63, 3.8) is 0 Å². The van der Waals surface area contributed by atoms with Crippen molar-refractivity contribution < 1.29 is 0 Å². The molecule has 2 aliphatic rings. The highest BCUT2D eigenvalue weighted by Gasteiger charge is 2.30. The predicted octanol–water partition coefficient (Wildman–Crippen LogP) is 6.10. The standard InChI is InChI=1S/C24H20ClN5S/c25-18-12-10-17(11-13-18)21-16-31-24(30(21)19-7-3-1-4-8-19)20(15-26)23-28-27-22-9-5-2-6-14-29(22)23/h1,3-4,7-8,10-13,16H,2,5-6,9,14H2/b24-20-. The highest BCUT2D eigenvalue weighted by Crippen LogP contribution is 2.46. The summed E-state index contributed by atoms with van der Waals surface area (Å²) in [7, 11) is 0. The van der Waals surface area contributed by atoms with E-state index in [-0.39, 0.29) is 0 Å². The van der Waals surface area contributed by atoms with Crippen LogP contribution >= 0.6 is 23.4 Å². The Kier molecular flexibility index (Phi) is 5.54. The lowest BCUT2D eigenvalue weighted by atomic mass is 10.1. The van der Waals surface area contributed by atoms with E-state index in [0.717, 1.165) is 53.6 Å². The van der Waals surface area contributed by atoms with Gasteiger partial charge in [-0.05, 0) is 42.7 Å². The van der Waals surface area contributed by atoms with Crippen LogP contribution in [0, 0.1) is 11.3 Å². The quantitative estimate of drug-likeness (QED) is 0.456. The van der Waals surface area contributed by atoms with E-state index in [2.05, 4.69) is 43.3 Å². The largest absolute Gasteiger partial charge is 0.310 e. The molecule has 0 radical (unpaired) electrons. The van der Waals surface area contributed by atoms with Crippen LogP contribution in [0.5, 0.6) is 0 Å². The van der Waals surface area contributed by atoms with Gasteiger partial charge in [0.2, 0.25) is 0 Å². The van der Waals surface area contributed by atoms with E-state index in [4.69, 9.17) is 11.6 Å². The summed E-state index contributed by atoms with van der Waals surface area (Å²) < 4.78 is 2.13. The first-order chi connectivity index (χ1) is 15.3. The molecule has 0 amide bonds. The maximum absolute atomic E-state index is 10.2. The number of halogens is 1. The van der Waals surface area contributed by atoms with Crippen LogP contribution in [0.25, 0.3) is 11.3 Å². The van der Waals surface area contributed by atoms with E-state index in [1.807, 2.05) is 42.5 Å². The van der Waals surface area contributed by atoms with Crippen LogP contribution in [0.4, 0.5) is 5.69 Å². The van der Waals surface area contributed by atoms with E-state index < -0.39 is 0 Å². The molecule has 154 valence electrons. The number of thioether (sulfide) groups is 1. The van der Waals surface area contributed by atoms with Crippen LogP contribution in [0.3, 0.4) is 0 Å². The molecule has 0 bridgehead atoms. The minimum atomic E-state index is 0.551. The number of fused-ring (bicyclic) bond motifs is 1. The van der Waals surface area contributed by atoms with Crippen molar-refractivity contribution in [3.05, 3.63) is 87.3 Å². The SMILES string of the molecule is N#C/C(=C1/SC=C(c2ccc(Cl)cc2)N1c1ccccc1)c1nnc2n1CCCCC2. The molecule has 0 unspecified atom stereocenters. The number of benzene rings is 2. The summed E-state index contributed by atoms with van der Waals surface area (Å²) in [5.74, 6) is 1.63. The zero-order chi connectivity index (χ0) is 21.2. The molecular formula is C24H20ClN5S. The van der Waals surface area contributed by atoms with Crippen LogP contribution < -0.4 is 4.90 Å². The third-order valence-electron chi connectivity index (χ3n) is 5.54. The maximum atomic E-state index is 10.2. The number of aryl methyl sites for hydroxylation is 1. The maximum Gasteiger partial charge on any atom is 0.177 e. The Balaban J connectivity index is 1.65. The summed E-state index contributed by atoms with van der Waals surface area (Å²) in [6, 6.07) is 20.3. The Hall–Kier alpha value is -3.01. The van der Waals surface area contributed by atoms with Crippen LogP contribution in [0.1, 0.15) is 36.5 Å². The molecule has 5 rings (SSSR count). The molecule has 7 heteroatoms. The molecule has 2 aromatic carbocycles. The van der Waals surface area contributed by atoms with E-state index in [1.165, 1.54) is 6.42 Å². The molecule has 0 spiro atoms. The first kappa shape index (κ1) is 19.9. The van der Waals surface area contributed by atoms with E-state index >= 15 is 0 Å². The summed E-state index contributed by atoms with van der Waals surface area (Å²) in [6.45, 7) is 0.851. The minimum absolute atomic E-state index is 0.551. The summed E-state index contributed by atoms with van der Waals surface area (Å²) in [6.07, 6.45) is 4.28. The molecule has 2 aliphatic heterocycles. The van der Waals surface area contributed by atoms with Gasteiger partial charge in [0, 0.05) is 29.1 Å². The number of allylic oxidation sites excluding steroid dienone is 1. The third-order valence-corrected chi connectivity index (χ3v) is 6.74.